The van der Waals surface area contributed by atoms with Crippen LogP contribution in [-0.2, 0) is 14.6 Å². The molecule has 1 aliphatic heterocycles. The lowest BCUT2D eigenvalue weighted by Crippen LogP contribution is -2.42. The van der Waals surface area contributed by atoms with Gasteiger partial charge in [-0.05, 0) is 44.9 Å². The van der Waals surface area contributed by atoms with Gasteiger partial charge in [-0.2, -0.15) is 0 Å². The van der Waals surface area contributed by atoms with Gasteiger partial charge < -0.3 is 9.80 Å². The Labute approximate surface area is 145 Å². The zero-order valence-electron chi connectivity index (χ0n) is 14.9. The van der Waals surface area contributed by atoms with E-state index in [9.17, 15) is 13.2 Å². The van der Waals surface area contributed by atoms with Gasteiger partial charge in [0.05, 0.1) is 11.5 Å². The summed E-state index contributed by atoms with van der Waals surface area (Å²) in [4.78, 5) is 16.5. The summed E-state index contributed by atoms with van der Waals surface area (Å²) in [6.07, 6.45) is 0.976. The summed E-state index contributed by atoms with van der Waals surface area (Å²) in [5.41, 5.74) is 2.32. The van der Waals surface area contributed by atoms with Crippen molar-refractivity contribution in [2.75, 3.05) is 36.0 Å². The number of aryl methyl sites for hydroxylation is 1. The van der Waals surface area contributed by atoms with Gasteiger partial charge in [-0.25, -0.2) is 8.42 Å². The van der Waals surface area contributed by atoms with Crippen molar-refractivity contribution in [2.45, 2.75) is 39.7 Å². The van der Waals surface area contributed by atoms with Gasteiger partial charge in [0.2, 0.25) is 5.91 Å². The number of carbonyl (C=O) groups is 1. The van der Waals surface area contributed by atoms with E-state index in [0.29, 0.717) is 25.9 Å². The fourth-order valence-corrected chi connectivity index (χ4v) is 5.06. The molecule has 1 fully saturated rings. The molecular weight excluding hydrogens is 324 g/mol. The Kier molecular flexibility index (Phi) is 6.27. The number of amides is 1. The van der Waals surface area contributed by atoms with Crippen molar-refractivity contribution in [3.8, 4) is 0 Å². The predicted molar refractivity (Wildman–Crippen MR) is 98.1 cm³/mol. The van der Waals surface area contributed by atoms with E-state index in [0.717, 1.165) is 12.2 Å². The van der Waals surface area contributed by atoms with E-state index in [2.05, 4.69) is 36.9 Å². The van der Waals surface area contributed by atoms with Gasteiger partial charge >= 0.3 is 0 Å². The van der Waals surface area contributed by atoms with Crippen LogP contribution in [0.3, 0.4) is 0 Å². The van der Waals surface area contributed by atoms with Gasteiger partial charge in [0, 0.05) is 37.8 Å². The highest BCUT2D eigenvalue weighted by Gasteiger charge is 2.33. The van der Waals surface area contributed by atoms with Crippen LogP contribution in [0.25, 0.3) is 0 Å². The molecule has 1 atom stereocenters. The first-order valence-electron chi connectivity index (χ1n) is 8.67. The lowest BCUT2D eigenvalue weighted by Gasteiger charge is -2.29. The maximum atomic E-state index is 12.6. The van der Waals surface area contributed by atoms with E-state index >= 15 is 0 Å². The molecule has 1 saturated heterocycles. The van der Waals surface area contributed by atoms with E-state index in [1.54, 1.807) is 4.90 Å². The zero-order valence-corrected chi connectivity index (χ0v) is 15.7. The standard InChI is InChI=1S/C18H28N2O3S/c1-4-19(16-8-6-7-15(3)13-16)11-9-18(21)20(5-2)17-10-12-24(22,23)14-17/h6-8,13,17H,4-5,9-12,14H2,1-3H3. The first-order chi connectivity index (χ1) is 11.4. The van der Waals surface area contributed by atoms with Crippen LogP contribution in [0.15, 0.2) is 24.3 Å². The first kappa shape index (κ1) is 18.8. The molecule has 134 valence electrons. The minimum atomic E-state index is -2.97. The minimum Gasteiger partial charge on any atom is -0.371 e. The van der Waals surface area contributed by atoms with Gasteiger partial charge in [-0.15, -0.1) is 0 Å². The Hall–Kier alpha value is -1.56. The minimum absolute atomic E-state index is 0.0469. The van der Waals surface area contributed by atoms with Gasteiger partial charge in [-0.3, -0.25) is 4.79 Å². The molecule has 0 radical (unpaired) electrons. The van der Waals surface area contributed by atoms with E-state index < -0.39 is 9.84 Å². The Bertz CT molecular complexity index is 673. The molecule has 1 heterocycles. The van der Waals surface area contributed by atoms with E-state index in [4.69, 9.17) is 0 Å². The van der Waals surface area contributed by atoms with Gasteiger partial charge in [-0.1, -0.05) is 12.1 Å². The second-order valence-electron chi connectivity index (χ2n) is 6.41. The van der Waals surface area contributed by atoms with Crippen molar-refractivity contribution in [3.63, 3.8) is 0 Å². The summed E-state index contributed by atoms with van der Waals surface area (Å²) >= 11 is 0. The van der Waals surface area contributed by atoms with Crippen molar-refractivity contribution in [1.29, 1.82) is 0 Å². The fourth-order valence-electron chi connectivity index (χ4n) is 3.33. The van der Waals surface area contributed by atoms with Crippen LogP contribution in [0.1, 0.15) is 32.3 Å². The average molecular weight is 353 g/mol. The molecule has 1 aromatic carbocycles. The van der Waals surface area contributed by atoms with Crippen LogP contribution in [0.5, 0.6) is 0 Å². The van der Waals surface area contributed by atoms with E-state index in [1.807, 2.05) is 13.0 Å². The van der Waals surface area contributed by atoms with Crippen LogP contribution >= 0.6 is 0 Å². The number of nitrogens with zero attached hydrogens (tertiary/aromatic N) is 2. The Morgan fingerprint density at radius 3 is 2.54 bits per heavy atom. The first-order valence-corrected chi connectivity index (χ1v) is 10.5. The van der Waals surface area contributed by atoms with Crippen molar-refractivity contribution in [3.05, 3.63) is 29.8 Å². The second-order valence-corrected chi connectivity index (χ2v) is 8.63. The van der Waals surface area contributed by atoms with Crippen molar-refractivity contribution in [1.82, 2.24) is 4.90 Å². The molecular formula is C18H28N2O3S. The van der Waals surface area contributed by atoms with Crippen LogP contribution in [-0.4, -0.2) is 56.4 Å². The van der Waals surface area contributed by atoms with Crippen molar-refractivity contribution >= 4 is 21.4 Å². The van der Waals surface area contributed by atoms with Crippen molar-refractivity contribution < 1.29 is 13.2 Å². The van der Waals surface area contributed by atoms with Crippen LogP contribution in [0, 0.1) is 6.92 Å². The molecule has 1 aliphatic rings. The largest absolute Gasteiger partial charge is 0.371 e. The number of carbonyl (C=O) groups excluding carboxylic acids is 1. The number of rotatable bonds is 7. The number of benzene rings is 1. The lowest BCUT2D eigenvalue weighted by molar-refractivity contribution is -0.132. The molecule has 1 aromatic rings. The van der Waals surface area contributed by atoms with Crippen molar-refractivity contribution in [2.24, 2.45) is 0 Å². The number of sulfone groups is 1. The Morgan fingerprint density at radius 1 is 1.25 bits per heavy atom. The molecule has 0 N–H and O–H groups in total. The summed E-state index contributed by atoms with van der Waals surface area (Å²) in [5, 5.41) is 0. The molecule has 0 saturated carbocycles. The SMILES string of the molecule is CCN(CCC(=O)N(CC)C1CCS(=O)(=O)C1)c1cccc(C)c1. The van der Waals surface area contributed by atoms with Gasteiger partial charge in [0.25, 0.3) is 0 Å². The molecule has 0 spiro atoms. The third-order valence-electron chi connectivity index (χ3n) is 4.65. The highest BCUT2D eigenvalue weighted by atomic mass is 32.2. The summed E-state index contributed by atoms with van der Waals surface area (Å²) in [7, 11) is -2.97. The number of hydrogen-bond donors (Lipinski definition) is 0. The topological polar surface area (TPSA) is 57.7 Å². The normalized spacial score (nSPS) is 19.2. The molecule has 0 aliphatic carbocycles. The Balaban J connectivity index is 1.97. The molecule has 6 heteroatoms. The summed E-state index contributed by atoms with van der Waals surface area (Å²) < 4.78 is 23.3. The fraction of sp³-hybridized carbons (Fsp3) is 0.611. The molecule has 0 bridgehead atoms. The van der Waals surface area contributed by atoms with E-state index in [-0.39, 0.29) is 23.5 Å². The van der Waals surface area contributed by atoms with Gasteiger partial charge in [0.1, 0.15) is 0 Å². The Morgan fingerprint density at radius 2 is 2.00 bits per heavy atom. The summed E-state index contributed by atoms with van der Waals surface area (Å²) in [6.45, 7) is 8.10. The molecule has 0 aromatic heterocycles. The predicted octanol–water partition coefficient (Wildman–Crippen LogP) is 2.25. The second kappa shape index (κ2) is 8.01. The number of anilines is 1. The maximum absolute atomic E-state index is 12.6. The third-order valence-corrected chi connectivity index (χ3v) is 6.40. The van der Waals surface area contributed by atoms with E-state index in [1.165, 1.54) is 5.56 Å². The molecule has 1 amide bonds. The smallest absolute Gasteiger partial charge is 0.224 e. The molecule has 1 unspecified atom stereocenters. The van der Waals surface area contributed by atoms with Crippen LogP contribution < -0.4 is 4.90 Å². The maximum Gasteiger partial charge on any atom is 0.224 e. The van der Waals surface area contributed by atoms with Crippen LogP contribution in [0.4, 0.5) is 5.69 Å². The monoisotopic (exact) mass is 352 g/mol. The quantitative estimate of drug-likeness (QED) is 0.755. The zero-order chi connectivity index (χ0) is 17.7. The summed E-state index contributed by atoms with van der Waals surface area (Å²) in [5.74, 6) is 0.360. The molecule has 2 rings (SSSR count). The molecule has 5 nitrogen and oxygen atoms in total. The molecule has 24 heavy (non-hydrogen) atoms. The van der Waals surface area contributed by atoms with Gasteiger partial charge in [0.15, 0.2) is 9.84 Å². The van der Waals surface area contributed by atoms with Crippen LogP contribution in [0.2, 0.25) is 0 Å². The summed E-state index contributed by atoms with van der Waals surface area (Å²) in [6, 6.07) is 8.11. The highest BCUT2D eigenvalue weighted by molar-refractivity contribution is 7.91. The lowest BCUT2D eigenvalue weighted by atomic mass is 10.2. The third kappa shape index (κ3) is 4.72. The average Bonchev–Trinajstić information content (AvgIpc) is 2.88. The number of hydrogen-bond acceptors (Lipinski definition) is 4. The highest BCUT2D eigenvalue weighted by Crippen LogP contribution is 2.20.